The number of hydrogen-bond donors (Lipinski definition) is 4. The van der Waals surface area contributed by atoms with Crippen molar-refractivity contribution in [1.29, 1.82) is 0 Å². The molecule has 3 rings (SSSR count). The van der Waals surface area contributed by atoms with Crippen LogP contribution in [0.1, 0.15) is 21.5 Å². The minimum atomic E-state index is -2.52. The van der Waals surface area contributed by atoms with E-state index in [1.807, 2.05) is 12.1 Å². The molecule has 0 bridgehead atoms. The highest BCUT2D eigenvalue weighted by molar-refractivity contribution is 7.71. The molecule has 0 saturated heterocycles. The van der Waals surface area contributed by atoms with Gasteiger partial charge in [-0.1, -0.05) is 41.9 Å². The normalized spacial score (nSPS) is 12.2. The first kappa shape index (κ1) is 23.0. The van der Waals surface area contributed by atoms with Gasteiger partial charge in [0.1, 0.15) is 10.7 Å². The summed E-state index contributed by atoms with van der Waals surface area (Å²) in [5.41, 5.74) is 3.62. The maximum absolute atomic E-state index is 13.0. The van der Waals surface area contributed by atoms with Gasteiger partial charge in [-0.15, -0.1) is 0 Å². The molecule has 31 heavy (non-hydrogen) atoms. The van der Waals surface area contributed by atoms with Crippen LogP contribution in [0.25, 0.3) is 11.3 Å². The maximum atomic E-state index is 13.0. The van der Waals surface area contributed by atoms with Gasteiger partial charge in [-0.3, -0.25) is 4.79 Å². The second-order valence-electron chi connectivity index (χ2n) is 7.13. The smallest absolute Gasteiger partial charge is 0.257 e. The summed E-state index contributed by atoms with van der Waals surface area (Å²) in [6.45, 7) is 1.47. The monoisotopic (exact) mass is 462 g/mol. The third kappa shape index (κ3) is 5.54. The predicted molar refractivity (Wildman–Crippen MR) is 121 cm³/mol. The lowest BCUT2D eigenvalue weighted by Gasteiger charge is -2.14. The summed E-state index contributed by atoms with van der Waals surface area (Å²) in [7, 11) is -2.52. The number of rotatable bonds is 8. The van der Waals surface area contributed by atoms with Gasteiger partial charge in [-0.05, 0) is 36.2 Å². The number of carbonyl (C=O) groups is 1. The summed E-state index contributed by atoms with van der Waals surface area (Å²) in [6.07, 6.45) is 0.627. The van der Waals surface area contributed by atoms with Crippen LogP contribution in [0.5, 0.6) is 0 Å². The van der Waals surface area contributed by atoms with Crippen LogP contribution in [0.4, 0.5) is 5.69 Å². The molecule has 3 aromatic rings. The Kier molecular flexibility index (Phi) is 7.50. The van der Waals surface area contributed by atoms with E-state index in [0.29, 0.717) is 38.7 Å². The fourth-order valence-corrected chi connectivity index (χ4v) is 4.10. The molecular weight excluding hydrogens is 440 g/mol. The Balaban J connectivity index is 1.94. The van der Waals surface area contributed by atoms with Gasteiger partial charge in [0.15, 0.2) is 0 Å². The first-order chi connectivity index (χ1) is 14.8. The molecule has 9 heteroatoms. The molecule has 0 aliphatic carbocycles. The van der Waals surface area contributed by atoms with Crippen LogP contribution in [0.3, 0.4) is 0 Å². The quantitative estimate of drug-likeness (QED) is 0.385. The van der Waals surface area contributed by atoms with Crippen molar-refractivity contribution < 1.29 is 23.4 Å². The minimum absolute atomic E-state index is 0.0557. The Labute approximate surface area is 186 Å². The number of carbonyl (C=O) groups excluding carboxylic acids is 1. The van der Waals surface area contributed by atoms with Gasteiger partial charge in [-0.2, -0.15) is 0 Å². The molecule has 164 valence electrons. The van der Waals surface area contributed by atoms with E-state index in [0.717, 1.165) is 0 Å². The van der Waals surface area contributed by atoms with Gasteiger partial charge < -0.3 is 20.1 Å². The number of amides is 1. The molecule has 2 aromatic carbocycles. The van der Waals surface area contributed by atoms with Gasteiger partial charge in [0.25, 0.3) is 5.91 Å². The molecule has 0 saturated carbocycles. The standard InChI is InChI=1S/C22H23ClN2O5S/c1-14-19(22(28)24-16-8-6-15(7-9-16)13-31(29)30)11-25(10-17(27)12-26)21(14)18-4-2-3-5-20(18)23/h2-9,11,17,26-27,31H,10,12-13H2,1H3,(H,24,28). The van der Waals surface area contributed by atoms with Crippen LogP contribution in [0, 0.1) is 6.92 Å². The molecule has 0 fully saturated rings. The average Bonchev–Trinajstić information content (AvgIpc) is 3.05. The van der Waals surface area contributed by atoms with E-state index in [4.69, 9.17) is 11.6 Å². The summed E-state index contributed by atoms with van der Waals surface area (Å²) in [4.78, 5) is 13.0. The number of nitrogens with zero attached hydrogens (tertiary/aromatic N) is 1. The third-order valence-electron chi connectivity index (χ3n) is 4.85. The second kappa shape index (κ2) is 10.1. The topological polar surface area (TPSA) is 109 Å². The van der Waals surface area contributed by atoms with Crippen LogP contribution < -0.4 is 5.32 Å². The zero-order valence-electron chi connectivity index (χ0n) is 16.8. The molecule has 1 atom stereocenters. The Morgan fingerprint density at radius 1 is 1.16 bits per heavy atom. The number of hydrogen-bond acceptors (Lipinski definition) is 5. The van der Waals surface area contributed by atoms with Crippen molar-refractivity contribution >= 4 is 33.9 Å². The molecule has 1 unspecified atom stereocenters. The summed E-state index contributed by atoms with van der Waals surface area (Å²) in [5, 5.41) is 22.5. The van der Waals surface area contributed by atoms with Crippen LogP contribution in [-0.4, -0.2) is 41.8 Å². The van der Waals surface area contributed by atoms with Crippen LogP contribution in [0.2, 0.25) is 5.02 Å². The number of anilines is 1. The summed E-state index contributed by atoms with van der Waals surface area (Å²) in [6, 6.07) is 13.8. The van der Waals surface area contributed by atoms with E-state index >= 15 is 0 Å². The van der Waals surface area contributed by atoms with Crippen molar-refractivity contribution in [3.63, 3.8) is 0 Å². The highest BCUT2D eigenvalue weighted by atomic mass is 35.5. The number of aliphatic hydroxyl groups excluding tert-OH is 2. The molecule has 1 heterocycles. The summed E-state index contributed by atoms with van der Waals surface area (Å²) in [5.74, 6) is -0.411. The Hall–Kier alpha value is -2.65. The summed E-state index contributed by atoms with van der Waals surface area (Å²) < 4.78 is 23.4. The Morgan fingerprint density at radius 2 is 1.84 bits per heavy atom. The van der Waals surface area contributed by atoms with E-state index in [2.05, 4.69) is 5.32 Å². The minimum Gasteiger partial charge on any atom is -0.394 e. The van der Waals surface area contributed by atoms with Crippen LogP contribution >= 0.6 is 11.6 Å². The molecule has 1 amide bonds. The van der Waals surface area contributed by atoms with Gasteiger partial charge in [0, 0.05) is 22.5 Å². The molecular formula is C22H23ClN2O5S. The van der Waals surface area contributed by atoms with E-state index in [9.17, 15) is 23.4 Å². The van der Waals surface area contributed by atoms with Gasteiger partial charge in [-0.25, -0.2) is 8.42 Å². The summed E-state index contributed by atoms with van der Waals surface area (Å²) >= 11 is 6.37. The number of halogens is 1. The van der Waals surface area contributed by atoms with Crippen molar-refractivity contribution in [3.05, 3.63) is 76.4 Å². The lowest BCUT2D eigenvalue weighted by molar-refractivity contribution is 0.0815. The number of thiol groups is 1. The van der Waals surface area contributed by atoms with E-state index in [1.54, 1.807) is 54.1 Å². The average molecular weight is 463 g/mol. The second-order valence-corrected chi connectivity index (χ2v) is 8.52. The van der Waals surface area contributed by atoms with E-state index in [-0.39, 0.29) is 18.2 Å². The molecule has 1 aromatic heterocycles. The van der Waals surface area contributed by atoms with Gasteiger partial charge in [0.05, 0.1) is 36.3 Å². The first-order valence-electron chi connectivity index (χ1n) is 9.55. The van der Waals surface area contributed by atoms with E-state index in [1.165, 1.54) is 0 Å². The van der Waals surface area contributed by atoms with Crippen LogP contribution in [0.15, 0.2) is 54.7 Å². The number of aromatic nitrogens is 1. The largest absolute Gasteiger partial charge is 0.394 e. The molecule has 7 nitrogen and oxygen atoms in total. The lowest BCUT2D eigenvalue weighted by Crippen LogP contribution is -2.20. The van der Waals surface area contributed by atoms with Gasteiger partial charge >= 0.3 is 0 Å². The first-order valence-corrected chi connectivity index (χ1v) is 11.3. The number of nitrogens with one attached hydrogen (secondary N) is 1. The number of benzene rings is 2. The predicted octanol–water partition coefficient (Wildman–Crippen LogP) is 2.83. The van der Waals surface area contributed by atoms with Gasteiger partial charge in [0.2, 0.25) is 0 Å². The fourth-order valence-electron chi connectivity index (χ4n) is 3.37. The Bertz CT molecular complexity index is 1150. The van der Waals surface area contributed by atoms with Crippen LogP contribution in [-0.2, 0) is 23.0 Å². The zero-order chi connectivity index (χ0) is 22.5. The highest BCUT2D eigenvalue weighted by Crippen LogP contribution is 2.33. The SMILES string of the molecule is Cc1c(C(=O)Nc2ccc(C[SH](=O)=O)cc2)cn(CC(O)CO)c1-c1ccccc1Cl. The molecule has 0 spiro atoms. The van der Waals surface area contributed by atoms with E-state index < -0.39 is 23.4 Å². The van der Waals surface area contributed by atoms with Crippen molar-refractivity contribution in [2.24, 2.45) is 0 Å². The van der Waals surface area contributed by atoms with Crippen molar-refractivity contribution in [1.82, 2.24) is 4.57 Å². The Morgan fingerprint density at radius 3 is 2.45 bits per heavy atom. The highest BCUT2D eigenvalue weighted by Gasteiger charge is 2.22. The molecule has 3 N–H and O–H groups in total. The van der Waals surface area contributed by atoms with Crippen molar-refractivity contribution in [3.8, 4) is 11.3 Å². The molecule has 0 aliphatic rings. The molecule has 0 radical (unpaired) electrons. The number of aliphatic hydroxyl groups is 2. The maximum Gasteiger partial charge on any atom is 0.257 e. The fraction of sp³-hybridized carbons (Fsp3) is 0.227. The molecule has 0 aliphatic heterocycles. The lowest BCUT2D eigenvalue weighted by atomic mass is 10.1. The third-order valence-corrected chi connectivity index (χ3v) is 5.80. The van der Waals surface area contributed by atoms with Crippen molar-refractivity contribution in [2.45, 2.75) is 25.3 Å². The van der Waals surface area contributed by atoms with Crippen molar-refractivity contribution in [2.75, 3.05) is 11.9 Å². The zero-order valence-corrected chi connectivity index (χ0v) is 18.4.